The molecular weight excluding hydrogens is 883 g/mol. The molecule has 9 rings (SSSR count). The Morgan fingerprint density at radius 3 is 2.52 bits per heavy atom. The summed E-state index contributed by atoms with van der Waals surface area (Å²) in [5, 5.41) is 14.4. The van der Waals surface area contributed by atoms with Gasteiger partial charge in [-0.05, 0) is 67.6 Å². The number of hydrogen-bond acceptors (Lipinski definition) is 15. The molecule has 5 aliphatic rings. The molecule has 3 fully saturated rings. The number of fused-ring (bicyclic) bond motifs is 3. The van der Waals surface area contributed by atoms with Crippen LogP contribution in [0.15, 0.2) is 73.3 Å². The van der Waals surface area contributed by atoms with Gasteiger partial charge in [-0.1, -0.05) is 43.0 Å². The van der Waals surface area contributed by atoms with Crippen molar-refractivity contribution < 1.29 is 42.9 Å². The molecular formula is C51H59N9O9. The van der Waals surface area contributed by atoms with Crippen LogP contribution >= 0.6 is 0 Å². The topological polar surface area (TPSA) is 192 Å². The molecule has 0 saturated carbocycles. The third-order valence-electron chi connectivity index (χ3n) is 13.7. The number of carbonyl (C=O) groups is 4. The number of amides is 4. The van der Waals surface area contributed by atoms with Crippen molar-refractivity contribution in [3.63, 3.8) is 0 Å². The van der Waals surface area contributed by atoms with Gasteiger partial charge < -0.3 is 43.3 Å². The van der Waals surface area contributed by atoms with Crippen LogP contribution in [0.2, 0.25) is 0 Å². The number of likely N-dealkylation sites (tertiary alicyclic amines) is 1. The lowest BCUT2D eigenvalue weighted by atomic mass is 10.0. The van der Waals surface area contributed by atoms with Gasteiger partial charge in [0.15, 0.2) is 0 Å². The molecule has 6 heterocycles. The van der Waals surface area contributed by atoms with E-state index in [9.17, 15) is 24.4 Å². The third-order valence-corrected chi connectivity index (χ3v) is 13.7. The minimum absolute atomic E-state index is 0.0133. The Balaban J connectivity index is 0.724. The number of nitrogens with one attached hydrogen (secondary N) is 1. The molecule has 0 spiro atoms. The molecule has 0 bridgehead atoms. The van der Waals surface area contributed by atoms with Crippen LogP contribution < -0.4 is 24.6 Å². The smallest absolute Gasteiger partial charge is 0.318 e. The van der Waals surface area contributed by atoms with E-state index in [1.165, 1.54) is 21.7 Å². The quantitative estimate of drug-likeness (QED) is 0.0814. The summed E-state index contributed by atoms with van der Waals surface area (Å²) in [6.07, 6.45) is 3.58. The summed E-state index contributed by atoms with van der Waals surface area (Å²) < 4.78 is 30.0. The molecule has 3 saturated heterocycles. The fourth-order valence-electron chi connectivity index (χ4n) is 10.1. The molecule has 4 aromatic rings. The van der Waals surface area contributed by atoms with Gasteiger partial charge >= 0.3 is 6.01 Å². The normalized spacial score (nSPS) is 21.5. The van der Waals surface area contributed by atoms with Crippen LogP contribution in [0, 0.1) is 11.3 Å². The average molecular weight is 942 g/mol. The van der Waals surface area contributed by atoms with Gasteiger partial charge in [0.05, 0.1) is 69.9 Å². The van der Waals surface area contributed by atoms with E-state index in [1.807, 2.05) is 6.07 Å². The van der Waals surface area contributed by atoms with E-state index in [2.05, 4.69) is 82.2 Å². The summed E-state index contributed by atoms with van der Waals surface area (Å²) in [7, 11) is 2.07. The first-order chi connectivity index (χ1) is 33.7. The SMILES string of the molecule is C=CC(=O)N1CCN(c2nc(OC[C@@H]3C[C@@H](OCCOCCOCCOc4ccc5c(c4)CN(C4CCC(=O)NC4=O)C5=O)CN3C)nc3c2CCN(c2cccc4ccccc24)C3)C[C@@H]1CC#N. The lowest BCUT2D eigenvalue weighted by molar-refractivity contribution is -0.137. The number of aromatic nitrogens is 2. The van der Waals surface area contributed by atoms with E-state index in [4.69, 9.17) is 33.7 Å². The fraction of sp³-hybridized carbons (Fsp3) is 0.471. The Labute approximate surface area is 401 Å². The van der Waals surface area contributed by atoms with E-state index in [-0.39, 0.29) is 55.3 Å². The number of hydrogen-bond donors (Lipinski definition) is 1. The van der Waals surface area contributed by atoms with Gasteiger partial charge in [0.25, 0.3) is 5.91 Å². The highest BCUT2D eigenvalue weighted by molar-refractivity contribution is 6.05. The molecule has 69 heavy (non-hydrogen) atoms. The molecule has 362 valence electrons. The summed E-state index contributed by atoms with van der Waals surface area (Å²) in [6, 6.07) is 21.8. The first-order valence-electron chi connectivity index (χ1n) is 23.8. The highest BCUT2D eigenvalue weighted by Gasteiger charge is 2.40. The zero-order valence-electron chi connectivity index (χ0n) is 39.1. The van der Waals surface area contributed by atoms with Crippen LogP contribution in [0.4, 0.5) is 11.5 Å². The summed E-state index contributed by atoms with van der Waals surface area (Å²) in [5.41, 5.74) is 4.46. The summed E-state index contributed by atoms with van der Waals surface area (Å²) in [5.74, 6) is 0.271. The molecule has 3 aromatic carbocycles. The van der Waals surface area contributed by atoms with Crippen LogP contribution in [0.3, 0.4) is 0 Å². The van der Waals surface area contributed by atoms with Crippen molar-refractivity contribution in [1.82, 2.24) is 30.0 Å². The molecule has 18 heteroatoms. The van der Waals surface area contributed by atoms with E-state index >= 15 is 0 Å². The number of benzene rings is 3. The maximum atomic E-state index is 13.0. The standard InChI is InChI=1S/C51H59N9O9/c1-3-47(62)59-20-19-58(30-36(59)15-17-52)48-42-16-18-57(44-10-6-8-34-7-4-5-9-40(34)44)32-43(42)53-51(55-48)69-33-37-28-39(31-56(37)2)68-26-24-66-22-21-65-23-25-67-38-11-12-41-35(27-38)29-60(50(41)64)45-13-14-46(61)54-49(45)63/h3-12,27,36-37,39,45H,1,13-16,18-26,28-33H2,2H3,(H,54,61,63)/t36-,37-,39+,45?/m0/s1. The molecule has 4 amide bonds. The van der Waals surface area contributed by atoms with Crippen molar-refractivity contribution in [3.05, 3.63) is 95.7 Å². The minimum Gasteiger partial charge on any atom is -0.491 e. The zero-order valence-corrected chi connectivity index (χ0v) is 39.1. The number of carbonyl (C=O) groups excluding carboxylic acids is 4. The average Bonchev–Trinajstić information content (AvgIpc) is 3.89. The van der Waals surface area contributed by atoms with Crippen molar-refractivity contribution in [2.75, 3.05) is 95.8 Å². The monoisotopic (exact) mass is 941 g/mol. The van der Waals surface area contributed by atoms with Crippen molar-refractivity contribution in [1.29, 1.82) is 5.26 Å². The number of piperidine rings is 1. The van der Waals surface area contributed by atoms with Gasteiger partial charge in [0.1, 0.15) is 30.8 Å². The van der Waals surface area contributed by atoms with Gasteiger partial charge in [0.2, 0.25) is 17.7 Å². The van der Waals surface area contributed by atoms with Crippen molar-refractivity contribution in [3.8, 4) is 17.8 Å². The van der Waals surface area contributed by atoms with Crippen molar-refractivity contribution in [2.24, 2.45) is 0 Å². The van der Waals surface area contributed by atoms with E-state index in [0.29, 0.717) is 96.2 Å². The van der Waals surface area contributed by atoms with Gasteiger partial charge in [-0.25, -0.2) is 0 Å². The van der Waals surface area contributed by atoms with Crippen LogP contribution in [0.1, 0.15) is 52.9 Å². The molecule has 1 N–H and O–H groups in total. The lowest BCUT2D eigenvalue weighted by Gasteiger charge is -2.42. The van der Waals surface area contributed by atoms with E-state index in [1.54, 1.807) is 17.0 Å². The van der Waals surface area contributed by atoms with Gasteiger partial charge in [-0.15, -0.1) is 0 Å². The zero-order chi connectivity index (χ0) is 47.9. The predicted octanol–water partition coefficient (Wildman–Crippen LogP) is 3.65. The first kappa shape index (κ1) is 47.4. The summed E-state index contributed by atoms with van der Waals surface area (Å²) >= 11 is 0. The van der Waals surface area contributed by atoms with Gasteiger partial charge in [0, 0.05) is 73.9 Å². The number of rotatable bonds is 19. The fourth-order valence-corrected chi connectivity index (χ4v) is 10.1. The molecule has 1 unspecified atom stereocenters. The Morgan fingerprint density at radius 2 is 1.70 bits per heavy atom. The highest BCUT2D eigenvalue weighted by Crippen LogP contribution is 2.36. The molecule has 4 atom stereocenters. The number of ether oxygens (including phenoxy) is 5. The first-order valence-corrected chi connectivity index (χ1v) is 23.8. The van der Waals surface area contributed by atoms with E-state index < -0.39 is 11.9 Å². The third kappa shape index (κ3) is 10.8. The molecule has 0 radical (unpaired) electrons. The Bertz CT molecular complexity index is 2600. The van der Waals surface area contributed by atoms with Gasteiger partial charge in [-0.2, -0.15) is 15.2 Å². The number of piperazine rings is 1. The number of nitrogens with zero attached hydrogens (tertiary/aromatic N) is 8. The van der Waals surface area contributed by atoms with Crippen molar-refractivity contribution in [2.45, 2.75) is 69.4 Å². The van der Waals surface area contributed by atoms with Crippen LogP contribution in [-0.4, -0.2) is 159 Å². The summed E-state index contributed by atoms with van der Waals surface area (Å²) in [6.45, 7) is 10.3. The van der Waals surface area contributed by atoms with Gasteiger partial charge in [-0.3, -0.25) is 29.4 Å². The van der Waals surface area contributed by atoms with Crippen LogP contribution in [0.5, 0.6) is 11.8 Å². The molecule has 1 aromatic heterocycles. The Morgan fingerprint density at radius 1 is 0.884 bits per heavy atom. The second kappa shape index (κ2) is 21.8. The lowest BCUT2D eigenvalue weighted by Crippen LogP contribution is -2.55. The predicted molar refractivity (Wildman–Crippen MR) is 255 cm³/mol. The van der Waals surface area contributed by atoms with Crippen LogP contribution in [0.25, 0.3) is 10.8 Å². The number of nitriles is 1. The maximum Gasteiger partial charge on any atom is 0.318 e. The minimum atomic E-state index is -0.658. The Kier molecular flexibility index (Phi) is 14.9. The Hall–Kier alpha value is -6.65. The number of anilines is 2. The number of likely N-dealkylation sites (N-methyl/N-ethyl adjacent to an activating group) is 1. The molecule has 18 nitrogen and oxygen atoms in total. The highest BCUT2D eigenvalue weighted by atomic mass is 16.6. The van der Waals surface area contributed by atoms with Crippen LogP contribution in [-0.2, 0) is 48.1 Å². The van der Waals surface area contributed by atoms with E-state index in [0.717, 1.165) is 54.3 Å². The maximum absolute atomic E-state index is 13.0. The second-order valence-electron chi connectivity index (χ2n) is 18.0. The molecule has 0 aliphatic carbocycles. The summed E-state index contributed by atoms with van der Waals surface area (Å²) in [4.78, 5) is 69.8. The van der Waals surface area contributed by atoms with Crippen molar-refractivity contribution >= 4 is 45.9 Å². The largest absolute Gasteiger partial charge is 0.491 e. The number of imide groups is 1. The molecule has 5 aliphatic heterocycles. The second-order valence-corrected chi connectivity index (χ2v) is 18.0.